The minimum atomic E-state index is -0.590. The fourth-order valence-corrected chi connectivity index (χ4v) is 2.95. The van der Waals surface area contributed by atoms with Crippen molar-refractivity contribution in [1.29, 1.82) is 0 Å². The molecule has 0 spiro atoms. The molecule has 2 rings (SSSR count). The Balaban J connectivity index is 2.36. The van der Waals surface area contributed by atoms with Gasteiger partial charge in [0, 0.05) is 0 Å². The molecule has 25 heavy (non-hydrogen) atoms. The molecule has 2 amide bonds. The van der Waals surface area contributed by atoms with Gasteiger partial charge < -0.3 is 0 Å². The number of nitrogens with one attached hydrogen (secondary N) is 1. The Labute approximate surface area is 161 Å². The molecule has 0 unspecified atom stereocenters. The van der Waals surface area contributed by atoms with Gasteiger partial charge in [-0.1, -0.05) is 0 Å². The van der Waals surface area contributed by atoms with Gasteiger partial charge in [-0.15, -0.1) is 0 Å². The van der Waals surface area contributed by atoms with Crippen LogP contribution in [0.5, 0.6) is 0 Å². The Morgan fingerprint density at radius 3 is 2.04 bits per heavy atom. The van der Waals surface area contributed by atoms with Crippen molar-refractivity contribution in [2.45, 2.75) is 6.42 Å². The number of hydrazone groups is 1. The van der Waals surface area contributed by atoms with Crippen LogP contribution in [0.2, 0.25) is 0 Å². The topological polar surface area (TPSA) is 87.8 Å². The molecule has 0 aliphatic carbocycles. The number of carbonyl (C=O) groups is 2. The number of rotatable bonds is 6. The van der Waals surface area contributed by atoms with Crippen molar-refractivity contribution >= 4 is 52.6 Å². The van der Waals surface area contributed by atoms with Gasteiger partial charge in [0.2, 0.25) is 0 Å². The van der Waals surface area contributed by atoms with Crippen LogP contribution in [-0.4, -0.2) is 57.6 Å². The van der Waals surface area contributed by atoms with Crippen molar-refractivity contribution in [2.75, 3.05) is 0 Å². The molecule has 0 aliphatic heterocycles. The van der Waals surface area contributed by atoms with Gasteiger partial charge in [0.1, 0.15) is 0 Å². The molecule has 2 aromatic carbocycles. The number of nitrogens with two attached hydrogens (primary N) is 1. The van der Waals surface area contributed by atoms with Crippen LogP contribution in [0.4, 0.5) is 0 Å². The summed E-state index contributed by atoms with van der Waals surface area (Å²) in [5.74, 6) is 3.97. The summed E-state index contributed by atoms with van der Waals surface area (Å²) in [5.41, 5.74) is 3.55. The fourth-order valence-electron chi connectivity index (χ4n) is 1.91. The van der Waals surface area contributed by atoms with Gasteiger partial charge in [-0.05, 0) is 0 Å². The van der Waals surface area contributed by atoms with Crippen LogP contribution < -0.4 is 11.3 Å². The third-order valence-corrected chi connectivity index (χ3v) is 4.66. The summed E-state index contributed by atoms with van der Waals surface area (Å²) < 4.78 is 1.00. The van der Waals surface area contributed by atoms with E-state index in [2.05, 4.69) is 36.7 Å². The van der Waals surface area contributed by atoms with Crippen LogP contribution in [-0.2, 0) is 9.59 Å². The zero-order valence-corrected chi connectivity index (χ0v) is 16.5. The summed E-state index contributed by atoms with van der Waals surface area (Å²) in [6.07, 6.45) is -0.417. The molecule has 1 radical (unpaired) electrons. The quantitative estimate of drug-likeness (QED) is 0.158. The standard InChI is InChI=1S/C17H15N4O2Se2/c18-19-14(22)11-15(23)21(17(25)13-9-5-2-6-10-13)20-16(24)12-7-3-1-4-8-12/h1-10H,11,18H2,(H,19,22). The van der Waals surface area contributed by atoms with Gasteiger partial charge in [0.05, 0.1) is 0 Å². The van der Waals surface area contributed by atoms with Crippen LogP contribution >= 0.6 is 0 Å². The van der Waals surface area contributed by atoms with E-state index in [1.165, 1.54) is 5.01 Å². The number of carbonyl (C=O) groups excluding carboxylic acids is 2. The van der Waals surface area contributed by atoms with Crippen LogP contribution in [0, 0.1) is 0 Å². The first-order chi connectivity index (χ1) is 12.0. The molecule has 0 atom stereocenters. The van der Waals surface area contributed by atoms with Gasteiger partial charge >= 0.3 is 162 Å². The second-order valence-corrected chi connectivity index (χ2v) is 6.51. The van der Waals surface area contributed by atoms with Crippen molar-refractivity contribution in [3.05, 3.63) is 71.8 Å². The zero-order valence-electron chi connectivity index (χ0n) is 13.1. The summed E-state index contributed by atoms with van der Waals surface area (Å²) in [4.78, 5) is 24.0. The van der Waals surface area contributed by atoms with Gasteiger partial charge in [-0.3, -0.25) is 0 Å². The average molecular weight is 465 g/mol. The Bertz CT molecular complexity index is 795. The summed E-state index contributed by atoms with van der Waals surface area (Å²) in [6, 6.07) is 18.6. The van der Waals surface area contributed by atoms with E-state index in [0.29, 0.717) is 9.15 Å². The van der Waals surface area contributed by atoms with Gasteiger partial charge in [-0.25, -0.2) is 0 Å². The van der Waals surface area contributed by atoms with Gasteiger partial charge in [-0.2, -0.15) is 0 Å². The third kappa shape index (κ3) is 5.46. The zero-order chi connectivity index (χ0) is 18.2. The summed E-state index contributed by atoms with van der Waals surface area (Å²) >= 11 is 5.72. The fraction of sp³-hybridized carbons (Fsp3) is 0.0588. The van der Waals surface area contributed by atoms with E-state index in [-0.39, 0.29) is 0 Å². The van der Waals surface area contributed by atoms with E-state index < -0.39 is 18.2 Å². The summed E-state index contributed by atoms with van der Waals surface area (Å²) in [6.45, 7) is 0. The van der Waals surface area contributed by atoms with E-state index in [0.717, 1.165) is 11.1 Å². The first-order valence-electron chi connectivity index (χ1n) is 7.25. The number of hydrazine groups is 1. The Hall–Kier alpha value is -2.08. The molecular weight excluding hydrogens is 450 g/mol. The van der Waals surface area contributed by atoms with E-state index in [4.69, 9.17) is 5.84 Å². The molecule has 0 bridgehead atoms. The molecule has 6 nitrogen and oxygen atoms in total. The second-order valence-electron chi connectivity index (χ2n) is 4.89. The van der Waals surface area contributed by atoms with Crippen molar-refractivity contribution in [2.24, 2.45) is 10.9 Å². The molecule has 0 aromatic heterocycles. The van der Waals surface area contributed by atoms with Crippen LogP contribution in [0.25, 0.3) is 0 Å². The molecule has 2 aromatic rings. The van der Waals surface area contributed by atoms with E-state index in [1.807, 2.05) is 66.1 Å². The summed E-state index contributed by atoms with van der Waals surface area (Å²) in [7, 11) is 0. The van der Waals surface area contributed by atoms with Crippen molar-refractivity contribution < 1.29 is 9.59 Å². The molecule has 3 N–H and O–H groups in total. The van der Waals surface area contributed by atoms with Crippen molar-refractivity contribution in [1.82, 2.24) is 10.4 Å². The molecule has 0 heterocycles. The predicted octanol–water partition coefficient (Wildman–Crippen LogP) is 0.0720. The monoisotopic (exact) mass is 467 g/mol. The Morgan fingerprint density at radius 1 is 1.00 bits per heavy atom. The Morgan fingerprint density at radius 2 is 1.52 bits per heavy atom. The minimum absolute atomic E-state index is 0.417. The van der Waals surface area contributed by atoms with Crippen LogP contribution in [0.3, 0.4) is 0 Å². The van der Waals surface area contributed by atoms with Crippen molar-refractivity contribution in [3.8, 4) is 0 Å². The summed E-state index contributed by atoms with van der Waals surface area (Å²) in [5, 5.41) is 5.54. The molecule has 0 saturated carbocycles. The molecule has 0 saturated heterocycles. The van der Waals surface area contributed by atoms with E-state index >= 15 is 0 Å². The Kier molecular flexibility index (Phi) is 7.25. The van der Waals surface area contributed by atoms with E-state index in [1.54, 1.807) is 0 Å². The second kappa shape index (κ2) is 9.41. The molecule has 8 heteroatoms. The number of amides is 2. The van der Waals surface area contributed by atoms with Gasteiger partial charge in [0.15, 0.2) is 0 Å². The van der Waals surface area contributed by atoms with Crippen molar-refractivity contribution in [3.63, 3.8) is 0 Å². The normalized spacial score (nSPS) is 10.8. The number of nitrogens with zero attached hydrogens (tertiary/aromatic N) is 2. The predicted molar refractivity (Wildman–Crippen MR) is 98.8 cm³/mol. The number of hydrogen-bond donors (Lipinski definition) is 2. The maximum absolute atomic E-state index is 12.5. The van der Waals surface area contributed by atoms with Crippen LogP contribution in [0.1, 0.15) is 17.5 Å². The number of hydrogen-bond acceptors (Lipinski definition) is 4. The van der Waals surface area contributed by atoms with Crippen LogP contribution in [0.15, 0.2) is 65.8 Å². The molecule has 0 aliphatic rings. The first kappa shape index (κ1) is 19.2. The molecular formula is C17H15N4O2Se2. The third-order valence-electron chi connectivity index (χ3n) is 3.13. The SMILES string of the molecule is NNC(=O)CC(=O)N(N=C([Se])c1ccccc1)C(=[Se])c1ccccc1. The molecule has 127 valence electrons. The maximum atomic E-state index is 12.5. The molecule has 0 fully saturated rings. The first-order valence-corrected chi connectivity index (χ1v) is 8.97. The van der Waals surface area contributed by atoms with E-state index in [9.17, 15) is 9.59 Å². The number of benzene rings is 2. The van der Waals surface area contributed by atoms with Gasteiger partial charge in [0.25, 0.3) is 0 Å². The average Bonchev–Trinajstić information content (AvgIpc) is 2.66.